The molecule has 0 fully saturated rings. The van der Waals surface area contributed by atoms with E-state index >= 15 is 0 Å². The summed E-state index contributed by atoms with van der Waals surface area (Å²) in [5, 5.41) is 4.40. The van der Waals surface area contributed by atoms with Gasteiger partial charge in [0, 0.05) is 56.9 Å². The average molecular weight is 582 g/mol. The van der Waals surface area contributed by atoms with Gasteiger partial charge in [-0.05, 0) is 44.4 Å². The quantitative estimate of drug-likeness (QED) is 0.152. The van der Waals surface area contributed by atoms with E-state index in [1.165, 1.54) is 0 Å². The van der Waals surface area contributed by atoms with E-state index in [0.717, 1.165) is 23.9 Å². The van der Waals surface area contributed by atoms with Crippen molar-refractivity contribution >= 4 is 32.4 Å². The van der Waals surface area contributed by atoms with Crippen LogP contribution in [0.25, 0.3) is 10.8 Å². The minimum atomic E-state index is -3.65. The highest BCUT2D eigenvalue weighted by Crippen LogP contribution is 2.30. The summed E-state index contributed by atoms with van der Waals surface area (Å²) >= 11 is 0. The second kappa shape index (κ2) is 18.9. The Kier molecular flexibility index (Phi) is 16.0. The number of nitrogens with two attached hydrogens (primary N) is 2. The summed E-state index contributed by atoms with van der Waals surface area (Å²) in [5.41, 5.74) is 12.2. The number of rotatable bonds is 22. The number of ether oxygens (including phenoxy) is 3. The molecule has 40 heavy (non-hydrogen) atoms. The van der Waals surface area contributed by atoms with Gasteiger partial charge in [0.25, 0.3) is 0 Å². The highest BCUT2D eigenvalue weighted by atomic mass is 32.2. The number of benzene rings is 2. The van der Waals surface area contributed by atoms with Crippen molar-refractivity contribution in [3.8, 4) is 0 Å². The van der Waals surface area contributed by atoms with Gasteiger partial charge in [-0.15, -0.1) is 0 Å². The van der Waals surface area contributed by atoms with E-state index in [4.69, 9.17) is 25.7 Å². The Labute approximate surface area is 238 Å². The number of nitrogens with one attached hydrogen (secondary N) is 2. The van der Waals surface area contributed by atoms with Crippen molar-refractivity contribution in [2.45, 2.75) is 43.0 Å². The van der Waals surface area contributed by atoms with Crippen molar-refractivity contribution in [2.75, 3.05) is 78.3 Å². The first-order valence-electron chi connectivity index (χ1n) is 13.9. The molecule has 6 N–H and O–H groups in total. The highest BCUT2D eigenvalue weighted by Gasteiger charge is 2.18. The molecule has 0 aromatic heterocycles. The summed E-state index contributed by atoms with van der Waals surface area (Å²) in [6.45, 7) is 4.10. The van der Waals surface area contributed by atoms with E-state index in [-0.39, 0.29) is 17.3 Å². The van der Waals surface area contributed by atoms with Crippen molar-refractivity contribution in [1.29, 1.82) is 0 Å². The predicted molar refractivity (Wildman–Crippen MR) is 159 cm³/mol. The van der Waals surface area contributed by atoms with Crippen LogP contribution in [0, 0.1) is 0 Å². The molecule has 11 nitrogen and oxygen atoms in total. The molecular formula is C28H47N5O6S. The Morgan fingerprint density at radius 3 is 2.10 bits per heavy atom. The SMILES string of the molecule is CN(C)c1cccc2c(S(=O)(=O)NCCCOCCOCCOCCCNC(=O)[C@@H](N)CCCCN)cccc12. The Bertz CT molecular complexity index is 1120. The minimum Gasteiger partial charge on any atom is -0.379 e. The van der Waals surface area contributed by atoms with Gasteiger partial charge in [-0.3, -0.25) is 4.79 Å². The molecule has 0 aliphatic carbocycles. The van der Waals surface area contributed by atoms with Crippen LogP contribution in [-0.2, 0) is 29.0 Å². The predicted octanol–water partition coefficient (Wildman–Crippen LogP) is 1.59. The summed E-state index contributed by atoms with van der Waals surface area (Å²) in [7, 11) is 0.218. The van der Waals surface area contributed by atoms with E-state index in [2.05, 4.69) is 10.0 Å². The van der Waals surface area contributed by atoms with Crippen molar-refractivity contribution in [3.63, 3.8) is 0 Å². The number of carbonyl (C=O) groups excluding carboxylic acids is 1. The van der Waals surface area contributed by atoms with E-state index in [9.17, 15) is 13.2 Å². The topological polar surface area (TPSA) is 158 Å². The summed E-state index contributed by atoms with van der Waals surface area (Å²) < 4.78 is 45.0. The number of hydrogen-bond donors (Lipinski definition) is 4. The number of unbranched alkanes of at least 4 members (excludes halogenated alkanes) is 1. The number of hydrogen-bond acceptors (Lipinski definition) is 9. The molecule has 226 valence electrons. The molecule has 0 unspecified atom stereocenters. The third-order valence-electron chi connectivity index (χ3n) is 6.20. The Morgan fingerprint density at radius 1 is 0.850 bits per heavy atom. The van der Waals surface area contributed by atoms with E-state index in [1.807, 2.05) is 43.3 Å². The largest absolute Gasteiger partial charge is 0.379 e. The molecule has 1 amide bonds. The lowest BCUT2D eigenvalue weighted by molar-refractivity contribution is -0.122. The average Bonchev–Trinajstić information content (AvgIpc) is 2.94. The third-order valence-corrected chi connectivity index (χ3v) is 7.72. The maximum atomic E-state index is 12.9. The number of nitrogens with zero attached hydrogens (tertiary/aromatic N) is 1. The van der Waals surface area contributed by atoms with Crippen LogP contribution in [0.5, 0.6) is 0 Å². The van der Waals surface area contributed by atoms with Crippen LogP contribution in [0.15, 0.2) is 41.3 Å². The van der Waals surface area contributed by atoms with Crippen molar-refractivity contribution in [1.82, 2.24) is 10.0 Å². The molecule has 0 spiro atoms. The summed E-state index contributed by atoms with van der Waals surface area (Å²) in [6, 6.07) is 10.5. The van der Waals surface area contributed by atoms with Crippen LogP contribution in [0.3, 0.4) is 0 Å². The van der Waals surface area contributed by atoms with E-state index < -0.39 is 16.1 Å². The molecule has 12 heteroatoms. The smallest absolute Gasteiger partial charge is 0.241 e. The van der Waals surface area contributed by atoms with Gasteiger partial charge in [-0.1, -0.05) is 30.7 Å². The second-order valence-electron chi connectivity index (χ2n) is 9.65. The molecule has 2 rings (SSSR count). The zero-order valence-corrected chi connectivity index (χ0v) is 24.7. The molecule has 0 bridgehead atoms. The lowest BCUT2D eigenvalue weighted by Gasteiger charge is -2.17. The molecular weight excluding hydrogens is 534 g/mol. The normalized spacial score (nSPS) is 12.5. The van der Waals surface area contributed by atoms with Gasteiger partial charge >= 0.3 is 0 Å². The van der Waals surface area contributed by atoms with Crippen LogP contribution in [-0.4, -0.2) is 93.7 Å². The Hall–Kier alpha value is -2.32. The van der Waals surface area contributed by atoms with Crippen molar-refractivity contribution in [3.05, 3.63) is 36.4 Å². The number of amides is 1. The molecule has 0 saturated carbocycles. The molecule has 0 radical (unpaired) electrons. The number of fused-ring (bicyclic) bond motifs is 1. The summed E-state index contributed by atoms with van der Waals surface area (Å²) in [5.74, 6) is -0.138. The van der Waals surface area contributed by atoms with Gasteiger partial charge in [-0.2, -0.15) is 0 Å². The molecule has 1 atom stereocenters. The first kappa shape index (κ1) is 33.9. The lowest BCUT2D eigenvalue weighted by atomic mass is 10.1. The van der Waals surface area contributed by atoms with E-state index in [1.54, 1.807) is 12.1 Å². The van der Waals surface area contributed by atoms with Gasteiger partial charge in [-0.25, -0.2) is 13.1 Å². The van der Waals surface area contributed by atoms with Crippen molar-refractivity contribution in [2.24, 2.45) is 11.5 Å². The van der Waals surface area contributed by atoms with Crippen LogP contribution in [0.1, 0.15) is 32.1 Å². The van der Waals surface area contributed by atoms with Crippen LogP contribution in [0.2, 0.25) is 0 Å². The molecule has 0 aliphatic rings. The van der Waals surface area contributed by atoms with E-state index in [0.29, 0.717) is 77.4 Å². The highest BCUT2D eigenvalue weighted by molar-refractivity contribution is 7.89. The van der Waals surface area contributed by atoms with Gasteiger partial charge in [0.15, 0.2) is 0 Å². The first-order valence-corrected chi connectivity index (χ1v) is 15.4. The molecule has 0 aliphatic heterocycles. The number of carbonyl (C=O) groups is 1. The zero-order valence-electron chi connectivity index (χ0n) is 23.9. The maximum absolute atomic E-state index is 12.9. The van der Waals surface area contributed by atoms with Gasteiger partial charge < -0.3 is 35.9 Å². The second-order valence-corrected chi connectivity index (χ2v) is 11.4. The molecule has 2 aromatic rings. The minimum absolute atomic E-state index is 0.138. The summed E-state index contributed by atoms with van der Waals surface area (Å²) in [4.78, 5) is 14.1. The van der Waals surface area contributed by atoms with Gasteiger partial charge in [0.1, 0.15) is 0 Å². The number of sulfonamides is 1. The van der Waals surface area contributed by atoms with Crippen LogP contribution >= 0.6 is 0 Å². The fraction of sp³-hybridized carbons (Fsp3) is 0.607. The third kappa shape index (κ3) is 12.0. The van der Waals surface area contributed by atoms with Crippen molar-refractivity contribution < 1.29 is 27.4 Å². The molecule has 2 aromatic carbocycles. The standard InChI is InChI=1S/C28H47N5O6S/c1-33(2)26-12-5-10-24-23(26)9-6-13-27(24)40(35,36)32-16-8-18-38-20-22-39-21-19-37-17-7-15-31-28(34)25(30)11-3-4-14-29/h5-6,9-10,12-13,25,32H,3-4,7-8,11,14-22,29-30H2,1-2H3,(H,31,34)/t25-/m0/s1. The first-order chi connectivity index (χ1) is 19.3. The fourth-order valence-electron chi connectivity index (χ4n) is 4.05. The Balaban J connectivity index is 1.48. The molecule has 0 heterocycles. The molecule has 0 saturated heterocycles. The zero-order chi connectivity index (χ0) is 29.2. The van der Waals surface area contributed by atoms with Crippen LogP contribution in [0.4, 0.5) is 5.69 Å². The fourth-order valence-corrected chi connectivity index (χ4v) is 5.34. The monoisotopic (exact) mass is 581 g/mol. The maximum Gasteiger partial charge on any atom is 0.241 e. The lowest BCUT2D eigenvalue weighted by Crippen LogP contribution is -2.41. The van der Waals surface area contributed by atoms with Gasteiger partial charge in [0.2, 0.25) is 15.9 Å². The Morgan fingerprint density at radius 2 is 1.45 bits per heavy atom. The number of anilines is 1. The summed E-state index contributed by atoms with van der Waals surface area (Å²) in [6.07, 6.45) is 3.62. The van der Waals surface area contributed by atoms with Gasteiger partial charge in [0.05, 0.1) is 37.4 Å². The van der Waals surface area contributed by atoms with Crippen LogP contribution < -0.4 is 26.4 Å².